The molecule has 5 nitrogen and oxygen atoms in total. The van der Waals surface area contributed by atoms with Crippen LogP contribution in [0.1, 0.15) is 47.1 Å². The maximum atomic E-state index is 12.8. The van der Waals surface area contributed by atoms with Gasteiger partial charge in [-0.25, -0.2) is 4.98 Å². The fourth-order valence-electron chi connectivity index (χ4n) is 4.05. The summed E-state index contributed by atoms with van der Waals surface area (Å²) in [7, 11) is 0. The van der Waals surface area contributed by atoms with Gasteiger partial charge in [0.1, 0.15) is 5.82 Å². The average molecular weight is 402 g/mol. The van der Waals surface area contributed by atoms with Crippen molar-refractivity contribution in [1.82, 2.24) is 9.88 Å². The van der Waals surface area contributed by atoms with Gasteiger partial charge in [0.05, 0.1) is 0 Å². The van der Waals surface area contributed by atoms with Gasteiger partial charge in [0.25, 0.3) is 0 Å². The Labute approximate surface area is 177 Å². The van der Waals surface area contributed by atoms with Crippen LogP contribution in [-0.2, 0) is 16.0 Å². The number of pyridine rings is 1. The number of hydrogen-bond acceptors (Lipinski definition) is 3. The lowest BCUT2D eigenvalue weighted by Gasteiger charge is -2.19. The van der Waals surface area contributed by atoms with Gasteiger partial charge in [0.15, 0.2) is 0 Å². The minimum Gasteiger partial charge on any atom is -0.339 e. The molecule has 0 atom stereocenters. The maximum absolute atomic E-state index is 12.8. The maximum Gasteiger partial charge on any atom is 0.246 e. The van der Waals surface area contributed by atoms with E-state index in [-0.39, 0.29) is 11.8 Å². The van der Waals surface area contributed by atoms with E-state index in [0.29, 0.717) is 18.7 Å². The third-order valence-electron chi connectivity index (χ3n) is 5.78. The Kier molecular flexibility index (Phi) is 5.79. The second-order valence-corrected chi connectivity index (χ2v) is 8.07. The van der Waals surface area contributed by atoms with Crippen molar-refractivity contribution in [2.45, 2.75) is 39.5 Å². The van der Waals surface area contributed by atoms with Crippen molar-refractivity contribution in [3.05, 3.63) is 70.4 Å². The van der Waals surface area contributed by atoms with Gasteiger partial charge in [-0.3, -0.25) is 9.59 Å². The SMILES string of the molecule is Cc1ccc(C)c(C2=CCCN(C(=O)/C=C/c3cnc4c(c3)CCC(=O)N4)CC2)c1. The Morgan fingerprint density at radius 3 is 2.87 bits per heavy atom. The van der Waals surface area contributed by atoms with Gasteiger partial charge < -0.3 is 10.2 Å². The van der Waals surface area contributed by atoms with E-state index in [1.807, 2.05) is 17.0 Å². The second kappa shape index (κ2) is 8.66. The predicted octanol–water partition coefficient (Wildman–Crippen LogP) is 4.30. The van der Waals surface area contributed by atoms with Gasteiger partial charge in [0.2, 0.25) is 11.8 Å². The molecule has 2 amide bonds. The van der Waals surface area contributed by atoms with E-state index in [2.05, 4.69) is 48.4 Å². The molecule has 4 rings (SSSR count). The lowest BCUT2D eigenvalue weighted by molar-refractivity contribution is -0.125. The standard InChI is InChI=1S/C25H27N3O2/c1-17-5-6-18(2)22(14-17)20-4-3-12-28(13-11-20)24(30)10-7-19-15-21-8-9-23(29)27-25(21)26-16-19/h4-7,10,14-16H,3,8-9,11-13H2,1-2H3,(H,26,27,29)/b10-7+. The number of benzene rings is 1. The number of carbonyl (C=O) groups excluding carboxylic acids is 2. The Morgan fingerprint density at radius 1 is 1.13 bits per heavy atom. The van der Waals surface area contributed by atoms with Gasteiger partial charge in [-0.1, -0.05) is 29.8 Å². The van der Waals surface area contributed by atoms with Crippen LogP contribution in [0.2, 0.25) is 0 Å². The van der Waals surface area contributed by atoms with E-state index in [9.17, 15) is 9.59 Å². The first-order valence-corrected chi connectivity index (χ1v) is 10.5. The number of carbonyl (C=O) groups is 2. The lowest BCUT2D eigenvalue weighted by Crippen LogP contribution is -2.30. The van der Waals surface area contributed by atoms with Crippen molar-refractivity contribution in [2.24, 2.45) is 0 Å². The van der Waals surface area contributed by atoms with E-state index in [4.69, 9.17) is 0 Å². The second-order valence-electron chi connectivity index (χ2n) is 8.07. The molecule has 0 saturated heterocycles. The molecule has 0 fully saturated rings. The summed E-state index contributed by atoms with van der Waals surface area (Å²) in [5, 5.41) is 2.78. The molecule has 1 aromatic heterocycles. The Morgan fingerprint density at radius 2 is 2.00 bits per heavy atom. The van der Waals surface area contributed by atoms with Crippen LogP contribution in [0.4, 0.5) is 5.82 Å². The van der Waals surface area contributed by atoms with Crippen LogP contribution < -0.4 is 5.32 Å². The van der Waals surface area contributed by atoms with Crippen molar-refractivity contribution in [1.29, 1.82) is 0 Å². The highest BCUT2D eigenvalue weighted by atomic mass is 16.2. The molecule has 30 heavy (non-hydrogen) atoms. The van der Waals surface area contributed by atoms with Gasteiger partial charge in [-0.15, -0.1) is 0 Å². The number of hydrogen-bond donors (Lipinski definition) is 1. The molecule has 2 aromatic rings. The summed E-state index contributed by atoms with van der Waals surface area (Å²) >= 11 is 0. The molecule has 0 unspecified atom stereocenters. The first-order chi connectivity index (χ1) is 14.5. The number of anilines is 1. The van der Waals surface area contributed by atoms with Gasteiger partial charge >= 0.3 is 0 Å². The zero-order chi connectivity index (χ0) is 21.1. The van der Waals surface area contributed by atoms with Crippen LogP contribution in [0.15, 0.2) is 42.6 Å². The number of nitrogens with one attached hydrogen (secondary N) is 1. The quantitative estimate of drug-likeness (QED) is 0.780. The van der Waals surface area contributed by atoms with Gasteiger partial charge in [-0.05, 0) is 73.1 Å². The van der Waals surface area contributed by atoms with Gasteiger partial charge in [-0.2, -0.15) is 0 Å². The van der Waals surface area contributed by atoms with Crippen molar-refractivity contribution >= 4 is 29.3 Å². The highest BCUT2D eigenvalue weighted by Crippen LogP contribution is 2.26. The molecule has 5 heteroatoms. The molecule has 1 aromatic carbocycles. The van der Waals surface area contributed by atoms with Crippen molar-refractivity contribution in [2.75, 3.05) is 18.4 Å². The molecule has 3 heterocycles. The molecule has 0 aliphatic carbocycles. The number of fused-ring (bicyclic) bond motifs is 1. The minimum atomic E-state index is 0.00321. The molecule has 0 saturated carbocycles. The largest absolute Gasteiger partial charge is 0.339 e. The highest BCUT2D eigenvalue weighted by Gasteiger charge is 2.17. The van der Waals surface area contributed by atoms with Crippen molar-refractivity contribution < 1.29 is 9.59 Å². The number of amides is 2. The summed E-state index contributed by atoms with van der Waals surface area (Å²) in [6.07, 6.45) is 10.3. The van der Waals surface area contributed by atoms with Crippen LogP contribution in [0.25, 0.3) is 11.6 Å². The van der Waals surface area contributed by atoms with E-state index >= 15 is 0 Å². The van der Waals surface area contributed by atoms with E-state index in [1.165, 1.54) is 22.3 Å². The summed E-state index contributed by atoms with van der Waals surface area (Å²) in [6.45, 7) is 5.71. The minimum absolute atomic E-state index is 0.00321. The monoisotopic (exact) mass is 401 g/mol. The zero-order valence-corrected chi connectivity index (χ0v) is 17.6. The smallest absolute Gasteiger partial charge is 0.246 e. The Balaban J connectivity index is 1.40. The van der Waals surface area contributed by atoms with E-state index in [1.54, 1.807) is 12.3 Å². The number of nitrogens with zero attached hydrogens (tertiary/aromatic N) is 2. The third kappa shape index (κ3) is 4.51. The highest BCUT2D eigenvalue weighted by molar-refractivity contribution is 5.94. The number of aryl methyl sites for hydroxylation is 3. The predicted molar refractivity (Wildman–Crippen MR) is 120 cm³/mol. The summed E-state index contributed by atoms with van der Waals surface area (Å²) in [5.74, 6) is 0.660. The molecular formula is C25H27N3O2. The third-order valence-corrected chi connectivity index (χ3v) is 5.78. The summed E-state index contributed by atoms with van der Waals surface area (Å²) in [6, 6.07) is 8.54. The van der Waals surface area contributed by atoms with E-state index in [0.717, 1.165) is 37.1 Å². The first-order valence-electron chi connectivity index (χ1n) is 10.5. The molecular weight excluding hydrogens is 374 g/mol. The molecule has 2 aliphatic heterocycles. The first kappa shape index (κ1) is 20.1. The molecule has 2 aliphatic rings. The fraction of sp³-hybridized carbons (Fsp3) is 0.320. The molecule has 0 radical (unpaired) electrons. The van der Waals surface area contributed by atoms with Crippen LogP contribution >= 0.6 is 0 Å². The summed E-state index contributed by atoms with van der Waals surface area (Å²) in [4.78, 5) is 30.4. The Bertz CT molecular complexity index is 1050. The number of aromatic nitrogens is 1. The van der Waals surface area contributed by atoms with Crippen LogP contribution in [0.5, 0.6) is 0 Å². The zero-order valence-electron chi connectivity index (χ0n) is 17.6. The van der Waals surface area contributed by atoms with Crippen molar-refractivity contribution in [3.8, 4) is 0 Å². The normalized spacial score (nSPS) is 16.7. The molecule has 0 spiro atoms. The molecule has 1 N–H and O–H groups in total. The van der Waals surface area contributed by atoms with Crippen molar-refractivity contribution in [3.63, 3.8) is 0 Å². The summed E-state index contributed by atoms with van der Waals surface area (Å²) < 4.78 is 0. The van der Waals surface area contributed by atoms with Crippen LogP contribution in [0, 0.1) is 13.8 Å². The summed E-state index contributed by atoms with van der Waals surface area (Å²) in [5.41, 5.74) is 7.06. The van der Waals surface area contributed by atoms with Crippen LogP contribution in [0.3, 0.4) is 0 Å². The molecule has 0 bridgehead atoms. The number of rotatable bonds is 3. The fourth-order valence-corrected chi connectivity index (χ4v) is 4.05. The van der Waals surface area contributed by atoms with Gasteiger partial charge in [0, 0.05) is 31.8 Å². The lowest BCUT2D eigenvalue weighted by atomic mass is 9.96. The van der Waals surface area contributed by atoms with Crippen LogP contribution in [-0.4, -0.2) is 34.8 Å². The molecule has 154 valence electrons. The average Bonchev–Trinajstić information content (AvgIpc) is 3.00. The Hall–Kier alpha value is -3.21. The topological polar surface area (TPSA) is 62.3 Å². The van der Waals surface area contributed by atoms with E-state index < -0.39 is 0 Å².